The lowest BCUT2D eigenvalue weighted by molar-refractivity contribution is -0.144. The van der Waals surface area contributed by atoms with Crippen molar-refractivity contribution in [1.29, 1.82) is 0 Å². The van der Waals surface area contributed by atoms with Crippen LogP contribution in [-0.4, -0.2) is 59.2 Å². The van der Waals surface area contributed by atoms with Gasteiger partial charge < -0.3 is 10.6 Å². The van der Waals surface area contributed by atoms with Gasteiger partial charge in [0.1, 0.15) is 12.9 Å². The number of nitrogens with zero attached hydrogens (tertiary/aromatic N) is 6. The number of aromatic nitrogens is 6. The maximum absolute atomic E-state index is 14.0. The summed E-state index contributed by atoms with van der Waals surface area (Å²) < 4.78 is 95.3. The van der Waals surface area contributed by atoms with E-state index < -0.39 is 80.1 Å². The zero-order chi connectivity index (χ0) is 31.9. The Bertz CT molecular complexity index is 1490. The van der Waals surface area contributed by atoms with Gasteiger partial charge >= 0.3 is 6.18 Å². The molecule has 0 radical (unpaired) electrons. The topological polar surface area (TPSA) is 119 Å². The highest BCUT2D eigenvalue weighted by Gasteiger charge is 2.40. The van der Waals surface area contributed by atoms with Gasteiger partial charge in [-0.25, -0.2) is 36.7 Å². The molecule has 2 amide bonds. The highest BCUT2D eigenvalue weighted by molar-refractivity contribution is 5.90. The summed E-state index contributed by atoms with van der Waals surface area (Å²) in [5, 5.41) is 13.5. The number of alkyl halides is 7. The minimum absolute atomic E-state index is 0.0207. The van der Waals surface area contributed by atoms with Gasteiger partial charge in [-0.2, -0.15) is 23.4 Å². The Kier molecular flexibility index (Phi) is 8.59. The van der Waals surface area contributed by atoms with Crippen molar-refractivity contribution in [1.82, 2.24) is 40.0 Å². The van der Waals surface area contributed by atoms with Crippen LogP contribution >= 0.6 is 0 Å². The van der Waals surface area contributed by atoms with E-state index in [2.05, 4.69) is 30.8 Å². The van der Waals surface area contributed by atoms with Crippen LogP contribution in [0.5, 0.6) is 0 Å². The zero-order valence-corrected chi connectivity index (χ0v) is 23.6. The van der Waals surface area contributed by atoms with Gasteiger partial charge in [0.05, 0.1) is 36.6 Å². The van der Waals surface area contributed by atoms with Crippen LogP contribution in [0.4, 0.5) is 30.7 Å². The summed E-state index contributed by atoms with van der Waals surface area (Å²) in [6.45, 7) is -0.229. The Morgan fingerprint density at radius 2 is 1.70 bits per heavy atom. The van der Waals surface area contributed by atoms with Crippen molar-refractivity contribution in [3.05, 3.63) is 41.9 Å². The summed E-state index contributed by atoms with van der Waals surface area (Å²) in [5.41, 5.74) is 1.10. The molecule has 1 unspecified atom stereocenters. The fraction of sp³-hybridized carbons (Fsp3) is 0.630. The number of fused-ring (bicyclic) bond motifs is 1. The van der Waals surface area contributed by atoms with Crippen LogP contribution in [0.2, 0.25) is 0 Å². The highest BCUT2D eigenvalue weighted by Crippen LogP contribution is 2.43. The van der Waals surface area contributed by atoms with E-state index in [4.69, 9.17) is 0 Å². The summed E-state index contributed by atoms with van der Waals surface area (Å²) in [6.07, 6.45) is -1.64. The average molecular weight is 633 g/mol. The van der Waals surface area contributed by atoms with Crippen molar-refractivity contribution in [2.45, 2.75) is 94.9 Å². The first-order chi connectivity index (χ1) is 20.6. The van der Waals surface area contributed by atoms with E-state index in [-0.39, 0.29) is 30.3 Å². The lowest BCUT2D eigenvalue weighted by atomic mass is 9.81. The Balaban J connectivity index is 1.40. The van der Waals surface area contributed by atoms with Gasteiger partial charge in [-0.1, -0.05) is 0 Å². The highest BCUT2D eigenvalue weighted by atomic mass is 19.4. The maximum Gasteiger partial charge on any atom is 0.389 e. The Hall–Kier alpha value is -3.79. The summed E-state index contributed by atoms with van der Waals surface area (Å²) in [7, 11) is 0. The molecule has 2 N–H and O–H groups in total. The van der Waals surface area contributed by atoms with Gasteiger partial charge in [-0.3, -0.25) is 9.59 Å². The van der Waals surface area contributed by atoms with E-state index in [0.29, 0.717) is 18.1 Å². The molecule has 2 aliphatic rings. The van der Waals surface area contributed by atoms with Gasteiger partial charge in [0.2, 0.25) is 17.7 Å². The molecule has 17 heteroatoms. The molecule has 0 aromatic carbocycles. The molecular formula is C27H31F7N8O2. The lowest BCUT2D eigenvalue weighted by Gasteiger charge is -2.33. The van der Waals surface area contributed by atoms with Crippen LogP contribution in [0.3, 0.4) is 0 Å². The molecule has 2 atom stereocenters. The first-order valence-electron chi connectivity index (χ1n) is 14.2. The van der Waals surface area contributed by atoms with Gasteiger partial charge in [0.25, 0.3) is 11.8 Å². The minimum Gasteiger partial charge on any atom is -0.349 e. The second-order valence-electron chi connectivity index (χ2n) is 11.7. The third kappa shape index (κ3) is 8.02. The third-order valence-electron chi connectivity index (χ3n) is 7.85. The smallest absolute Gasteiger partial charge is 0.349 e. The number of imidazole rings is 1. The largest absolute Gasteiger partial charge is 0.389 e. The van der Waals surface area contributed by atoms with Gasteiger partial charge in [-0.05, 0) is 49.1 Å². The quantitative estimate of drug-likeness (QED) is 0.281. The van der Waals surface area contributed by atoms with Gasteiger partial charge in [0.15, 0.2) is 5.65 Å². The van der Waals surface area contributed by atoms with E-state index in [9.17, 15) is 40.3 Å². The van der Waals surface area contributed by atoms with E-state index in [1.807, 2.05) is 0 Å². The van der Waals surface area contributed by atoms with Crippen molar-refractivity contribution in [3.63, 3.8) is 0 Å². The third-order valence-corrected chi connectivity index (χ3v) is 7.85. The van der Waals surface area contributed by atoms with E-state index in [0.717, 1.165) is 23.9 Å². The summed E-state index contributed by atoms with van der Waals surface area (Å²) >= 11 is 0. The summed E-state index contributed by atoms with van der Waals surface area (Å²) in [4.78, 5) is 33.9. The Labute approximate surface area is 246 Å². The van der Waals surface area contributed by atoms with Crippen LogP contribution in [0, 0.1) is 11.8 Å². The number of halogens is 7. The van der Waals surface area contributed by atoms with Crippen LogP contribution in [0.15, 0.2) is 24.8 Å². The second-order valence-corrected chi connectivity index (χ2v) is 11.7. The van der Waals surface area contributed by atoms with E-state index >= 15 is 0 Å². The van der Waals surface area contributed by atoms with Crippen LogP contribution in [0.1, 0.15) is 92.3 Å². The molecule has 0 aliphatic heterocycles. The number of rotatable bonds is 11. The molecule has 0 bridgehead atoms. The number of carbonyl (C=O) groups is 2. The summed E-state index contributed by atoms with van der Waals surface area (Å²) in [5.74, 6) is -8.45. The van der Waals surface area contributed by atoms with Crippen LogP contribution < -0.4 is 10.6 Å². The molecule has 2 aliphatic carbocycles. The van der Waals surface area contributed by atoms with Crippen molar-refractivity contribution in [3.8, 4) is 0 Å². The first-order valence-corrected chi connectivity index (χ1v) is 14.2. The maximum atomic E-state index is 14.0. The molecule has 44 heavy (non-hydrogen) atoms. The van der Waals surface area contributed by atoms with Crippen molar-refractivity contribution in [2.75, 3.05) is 0 Å². The molecule has 5 rings (SSSR count). The zero-order valence-electron chi connectivity index (χ0n) is 23.6. The number of carbonyl (C=O) groups excluding carboxylic acids is 2. The van der Waals surface area contributed by atoms with Crippen LogP contribution in [0.25, 0.3) is 5.65 Å². The fourth-order valence-electron chi connectivity index (χ4n) is 5.49. The first kappa shape index (κ1) is 31.6. The number of hydrogen-bond donors (Lipinski definition) is 2. The monoisotopic (exact) mass is 632 g/mol. The minimum atomic E-state index is -4.46. The molecular weight excluding hydrogens is 601 g/mol. The second kappa shape index (κ2) is 12.0. The number of amides is 2. The molecule has 3 aromatic heterocycles. The Morgan fingerprint density at radius 3 is 2.34 bits per heavy atom. The molecule has 10 nitrogen and oxygen atoms in total. The predicted molar refractivity (Wildman–Crippen MR) is 140 cm³/mol. The van der Waals surface area contributed by atoms with E-state index in [1.165, 1.54) is 16.9 Å². The van der Waals surface area contributed by atoms with Crippen molar-refractivity contribution >= 4 is 17.5 Å². The molecule has 240 valence electrons. The molecule has 3 heterocycles. The Morgan fingerprint density at radius 1 is 1.02 bits per heavy atom. The normalized spacial score (nSPS) is 19.1. The molecule has 2 saturated carbocycles. The predicted octanol–water partition coefficient (Wildman–Crippen LogP) is 5.18. The van der Waals surface area contributed by atoms with Crippen molar-refractivity contribution in [2.24, 2.45) is 11.8 Å². The summed E-state index contributed by atoms with van der Waals surface area (Å²) in [6, 6.07) is 0.141. The number of hydrogen-bond acceptors (Lipinski definition) is 6. The molecule has 0 spiro atoms. The molecule has 0 saturated heterocycles. The number of nitrogens with one attached hydrogen (secondary N) is 2. The fourth-order valence-corrected chi connectivity index (χ4v) is 5.49. The lowest BCUT2D eigenvalue weighted by Crippen LogP contribution is -2.38. The van der Waals surface area contributed by atoms with Crippen molar-refractivity contribution < 1.29 is 40.3 Å². The molecule has 3 aromatic rings. The van der Waals surface area contributed by atoms with Crippen LogP contribution in [-0.2, 0) is 11.3 Å². The van der Waals surface area contributed by atoms with Gasteiger partial charge in [0, 0.05) is 26.2 Å². The average Bonchev–Trinajstić information content (AvgIpc) is 3.51. The van der Waals surface area contributed by atoms with E-state index in [1.54, 1.807) is 6.07 Å². The van der Waals surface area contributed by atoms with Gasteiger partial charge in [-0.15, -0.1) is 0 Å². The molecule has 2 fully saturated rings. The standard InChI is InChI=1S/C27H31F7N8O2/c1-25(28,29)13-42-23(35-14-37-42)24(44)40-22(16-4-7-26(30,31)8-5-16)18-12-41-19(38-18)10-17(11-36-41)21(15-2-3-15)39-20(43)6-9-27(32,33)34/h10-12,14-16,21-22H,2-9,13H2,1H3,(H,39,43)(H,40,44)/t21?,22-/m0/s1. The SMILES string of the molecule is CC(F)(F)Cn1ncnc1C(=O)N[C@H](c1cn2ncc(C(NC(=O)CCC(F)(F)F)C3CC3)cc2n1)C1CCC(F)(F)CC1.